The number of rotatable bonds is 7. The molecule has 0 fully saturated rings. The molecule has 0 spiro atoms. The van der Waals surface area contributed by atoms with Crippen LogP contribution < -0.4 is 5.73 Å². The summed E-state index contributed by atoms with van der Waals surface area (Å²) in [6.45, 7) is 5.81. The Bertz CT molecular complexity index is 987. The molecule has 0 saturated heterocycles. The first-order valence-corrected chi connectivity index (χ1v) is 8.70. The molecule has 1 aromatic carbocycles. The van der Waals surface area contributed by atoms with Gasteiger partial charge in [-0.15, -0.1) is 0 Å². The monoisotopic (exact) mass is 366 g/mol. The van der Waals surface area contributed by atoms with Crippen LogP contribution in [0.25, 0.3) is 5.69 Å². The predicted octanol–water partition coefficient (Wildman–Crippen LogP) is 1.55. The third kappa shape index (κ3) is 3.94. The topological polar surface area (TPSA) is 109 Å². The predicted molar refractivity (Wildman–Crippen MR) is 99.7 cm³/mol. The van der Waals surface area contributed by atoms with E-state index in [0.29, 0.717) is 30.2 Å². The Hall–Kier alpha value is -3.29. The van der Waals surface area contributed by atoms with E-state index in [-0.39, 0.29) is 12.2 Å². The van der Waals surface area contributed by atoms with Crippen molar-refractivity contribution >= 4 is 11.7 Å². The molecular formula is C19H22N6O2. The van der Waals surface area contributed by atoms with Crippen LogP contribution in [0.5, 0.6) is 0 Å². The van der Waals surface area contributed by atoms with Gasteiger partial charge in [0.1, 0.15) is 5.82 Å². The summed E-state index contributed by atoms with van der Waals surface area (Å²) in [7, 11) is 0. The van der Waals surface area contributed by atoms with Crippen molar-refractivity contribution in [2.24, 2.45) is 5.73 Å². The lowest BCUT2D eigenvalue weighted by molar-refractivity contribution is -0.117. The molecule has 0 bridgehead atoms. The number of aryl methyl sites for hydroxylation is 3. The van der Waals surface area contributed by atoms with Crippen LogP contribution in [0.1, 0.15) is 40.3 Å². The molecule has 0 radical (unpaired) electrons. The third-order valence-electron chi connectivity index (χ3n) is 4.33. The van der Waals surface area contributed by atoms with Gasteiger partial charge in [0.05, 0.1) is 23.4 Å². The average molecular weight is 366 g/mol. The summed E-state index contributed by atoms with van der Waals surface area (Å²) in [5, 5.41) is 8.90. The van der Waals surface area contributed by atoms with Gasteiger partial charge in [-0.05, 0) is 32.9 Å². The van der Waals surface area contributed by atoms with Crippen molar-refractivity contribution in [3.63, 3.8) is 0 Å². The number of ketones is 1. The summed E-state index contributed by atoms with van der Waals surface area (Å²) in [6.07, 6.45) is 0.529. The fourth-order valence-corrected chi connectivity index (χ4v) is 3.19. The van der Waals surface area contributed by atoms with Gasteiger partial charge in [0.2, 0.25) is 5.91 Å². The van der Waals surface area contributed by atoms with Crippen molar-refractivity contribution in [2.75, 3.05) is 0 Å². The van der Waals surface area contributed by atoms with Crippen molar-refractivity contribution in [3.8, 4) is 5.69 Å². The zero-order chi connectivity index (χ0) is 19.6. The highest BCUT2D eigenvalue weighted by molar-refractivity contribution is 5.96. The third-order valence-corrected chi connectivity index (χ3v) is 4.33. The lowest BCUT2D eigenvalue weighted by Crippen LogP contribution is -2.14. The first-order valence-electron chi connectivity index (χ1n) is 8.70. The molecule has 2 heterocycles. The summed E-state index contributed by atoms with van der Waals surface area (Å²) in [6, 6.07) is 9.58. The van der Waals surface area contributed by atoms with Gasteiger partial charge in [-0.25, -0.2) is 9.67 Å². The molecule has 8 nitrogen and oxygen atoms in total. The van der Waals surface area contributed by atoms with Crippen LogP contribution in [0, 0.1) is 13.8 Å². The minimum absolute atomic E-state index is 0.00690. The minimum atomic E-state index is -0.476. The highest BCUT2D eigenvalue weighted by atomic mass is 16.1. The van der Waals surface area contributed by atoms with Gasteiger partial charge in [-0.1, -0.05) is 18.2 Å². The maximum Gasteiger partial charge on any atom is 0.225 e. The molecule has 0 atom stereocenters. The van der Waals surface area contributed by atoms with Crippen molar-refractivity contribution in [2.45, 2.75) is 40.2 Å². The van der Waals surface area contributed by atoms with Crippen LogP contribution in [0.15, 0.2) is 30.3 Å². The first-order chi connectivity index (χ1) is 12.9. The van der Waals surface area contributed by atoms with Gasteiger partial charge in [0.25, 0.3) is 0 Å². The largest absolute Gasteiger partial charge is 0.369 e. The number of carbonyl (C=O) groups excluding carboxylic acids is 2. The second-order valence-electron chi connectivity index (χ2n) is 6.41. The van der Waals surface area contributed by atoms with E-state index < -0.39 is 5.91 Å². The summed E-state index contributed by atoms with van der Waals surface area (Å²) < 4.78 is 3.53. The fourth-order valence-electron chi connectivity index (χ4n) is 3.19. The van der Waals surface area contributed by atoms with Crippen LogP contribution in [0.2, 0.25) is 0 Å². The number of carbonyl (C=O) groups is 2. The number of benzene rings is 1. The first kappa shape index (κ1) is 18.5. The molecule has 0 aliphatic rings. The number of hydrogen-bond acceptors (Lipinski definition) is 5. The maximum atomic E-state index is 11.8. The molecule has 140 valence electrons. The second kappa shape index (κ2) is 7.53. The molecule has 2 N–H and O–H groups in total. The average Bonchev–Trinajstić information content (AvgIpc) is 3.13. The number of nitrogens with two attached hydrogens (primary N) is 1. The van der Waals surface area contributed by atoms with Crippen LogP contribution in [0.4, 0.5) is 0 Å². The van der Waals surface area contributed by atoms with E-state index in [4.69, 9.17) is 5.73 Å². The smallest absolute Gasteiger partial charge is 0.225 e. The molecule has 27 heavy (non-hydrogen) atoms. The van der Waals surface area contributed by atoms with E-state index in [0.717, 1.165) is 17.1 Å². The van der Waals surface area contributed by atoms with Gasteiger partial charge in [-0.2, -0.15) is 10.2 Å². The van der Waals surface area contributed by atoms with E-state index >= 15 is 0 Å². The molecule has 1 amide bonds. The summed E-state index contributed by atoms with van der Waals surface area (Å²) >= 11 is 0. The Morgan fingerprint density at radius 2 is 1.81 bits per heavy atom. The zero-order valence-corrected chi connectivity index (χ0v) is 15.6. The maximum absolute atomic E-state index is 11.8. The minimum Gasteiger partial charge on any atom is -0.369 e. The van der Waals surface area contributed by atoms with Crippen molar-refractivity contribution in [3.05, 3.63) is 58.9 Å². The second-order valence-corrected chi connectivity index (χ2v) is 6.41. The van der Waals surface area contributed by atoms with Crippen LogP contribution >= 0.6 is 0 Å². The van der Waals surface area contributed by atoms with Gasteiger partial charge in [0.15, 0.2) is 11.6 Å². The fraction of sp³-hybridized carbons (Fsp3) is 0.316. The van der Waals surface area contributed by atoms with E-state index in [1.165, 1.54) is 0 Å². The Morgan fingerprint density at radius 1 is 1.11 bits per heavy atom. The molecule has 8 heteroatoms. The molecular weight excluding hydrogens is 344 g/mol. The SMILES string of the molecule is CC(=O)c1c(C)nn(CCc2nc(CC(N)=O)nn2-c2ccccc2)c1C. The molecule has 3 aromatic rings. The summed E-state index contributed by atoms with van der Waals surface area (Å²) in [5.41, 5.74) is 8.35. The van der Waals surface area contributed by atoms with Gasteiger partial charge in [0, 0.05) is 18.7 Å². The van der Waals surface area contributed by atoms with E-state index in [2.05, 4.69) is 15.2 Å². The molecule has 0 saturated carbocycles. The van der Waals surface area contributed by atoms with Crippen LogP contribution in [-0.2, 0) is 24.2 Å². The van der Waals surface area contributed by atoms with E-state index in [9.17, 15) is 9.59 Å². The molecule has 2 aromatic heterocycles. The number of amides is 1. The van der Waals surface area contributed by atoms with Crippen LogP contribution in [-0.4, -0.2) is 36.2 Å². The number of hydrogen-bond donors (Lipinski definition) is 1. The standard InChI is InChI=1S/C19H22N6O2/c1-12-19(14(3)26)13(2)24(22-12)10-9-18-21-17(11-16(20)27)23-25(18)15-7-5-4-6-8-15/h4-8H,9-11H2,1-3H3,(H2,20,27). The van der Waals surface area contributed by atoms with Crippen molar-refractivity contribution in [1.82, 2.24) is 24.5 Å². The summed E-state index contributed by atoms with van der Waals surface area (Å²) in [4.78, 5) is 27.5. The van der Waals surface area contributed by atoms with Gasteiger partial charge in [-0.3, -0.25) is 14.3 Å². The molecule has 0 aliphatic heterocycles. The molecule has 3 rings (SSSR count). The Labute approximate surface area is 157 Å². The molecule has 0 unspecified atom stereocenters. The highest BCUT2D eigenvalue weighted by Crippen LogP contribution is 2.16. The van der Waals surface area contributed by atoms with Gasteiger partial charge >= 0.3 is 0 Å². The number of nitrogens with zero attached hydrogens (tertiary/aromatic N) is 5. The van der Waals surface area contributed by atoms with E-state index in [1.54, 1.807) is 11.6 Å². The molecule has 0 aliphatic carbocycles. The summed E-state index contributed by atoms with van der Waals surface area (Å²) in [5.74, 6) is 0.623. The lowest BCUT2D eigenvalue weighted by Gasteiger charge is -2.07. The highest BCUT2D eigenvalue weighted by Gasteiger charge is 2.17. The lowest BCUT2D eigenvalue weighted by atomic mass is 10.1. The number of primary amides is 1. The van der Waals surface area contributed by atoms with Crippen molar-refractivity contribution < 1.29 is 9.59 Å². The van der Waals surface area contributed by atoms with Gasteiger partial charge < -0.3 is 5.73 Å². The normalized spacial score (nSPS) is 10.9. The van der Waals surface area contributed by atoms with E-state index in [1.807, 2.05) is 48.9 Å². The number of Topliss-reactive ketones (excluding diaryl/α,β-unsaturated/α-hetero) is 1. The Morgan fingerprint density at radius 3 is 2.41 bits per heavy atom. The number of para-hydroxylation sites is 1. The number of aromatic nitrogens is 5. The Balaban J connectivity index is 1.90. The quantitative estimate of drug-likeness (QED) is 0.638. The zero-order valence-electron chi connectivity index (χ0n) is 15.6. The van der Waals surface area contributed by atoms with Crippen molar-refractivity contribution in [1.29, 1.82) is 0 Å². The Kier molecular flexibility index (Phi) is 5.16. The van der Waals surface area contributed by atoms with Crippen LogP contribution in [0.3, 0.4) is 0 Å².